The highest BCUT2D eigenvalue weighted by atomic mass is 15.2. The largest absolute Gasteiger partial charge is 0.357 e. The van der Waals surface area contributed by atoms with Gasteiger partial charge in [-0.3, -0.25) is 4.99 Å². The molecule has 0 aliphatic heterocycles. The summed E-state index contributed by atoms with van der Waals surface area (Å²) in [5.41, 5.74) is 0.525. The molecule has 0 saturated heterocycles. The van der Waals surface area contributed by atoms with Gasteiger partial charge >= 0.3 is 0 Å². The van der Waals surface area contributed by atoms with Crippen molar-refractivity contribution in [3.8, 4) is 0 Å². The first kappa shape index (κ1) is 12.7. The quantitative estimate of drug-likeness (QED) is 0.569. The molecule has 2 aliphatic rings. The van der Waals surface area contributed by atoms with Crippen LogP contribution in [0.1, 0.15) is 52.9 Å². The molecule has 2 N–H and O–H groups in total. The summed E-state index contributed by atoms with van der Waals surface area (Å²) in [5, 5.41) is 6.88. The Kier molecular flexibility index (Phi) is 3.95. The van der Waals surface area contributed by atoms with Gasteiger partial charge in [0.15, 0.2) is 5.96 Å². The van der Waals surface area contributed by atoms with Crippen LogP contribution in [0.25, 0.3) is 0 Å². The van der Waals surface area contributed by atoms with E-state index in [2.05, 4.69) is 31.4 Å². The van der Waals surface area contributed by atoms with E-state index in [0.717, 1.165) is 25.0 Å². The lowest BCUT2D eigenvalue weighted by Gasteiger charge is -2.40. The van der Waals surface area contributed by atoms with Gasteiger partial charge < -0.3 is 10.6 Å². The van der Waals surface area contributed by atoms with E-state index < -0.39 is 0 Å². The van der Waals surface area contributed by atoms with Crippen LogP contribution in [-0.2, 0) is 0 Å². The zero-order chi connectivity index (χ0) is 12.3. The average Bonchev–Trinajstić information content (AvgIpc) is 2.93. The van der Waals surface area contributed by atoms with Crippen LogP contribution in [0.3, 0.4) is 0 Å². The van der Waals surface area contributed by atoms with Gasteiger partial charge in [-0.25, -0.2) is 0 Å². The molecule has 2 rings (SSSR count). The third kappa shape index (κ3) is 3.14. The van der Waals surface area contributed by atoms with Crippen LogP contribution in [0.2, 0.25) is 0 Å². The molecule has 2 atom stereocenters. The zero-order valence-electron chi connectivity index (χ0n) is 11.6. The lowest BCUT2D eigenvalue weighted by atomic mass is 9.67. The van der Waals surface area contributed by atoms with Crippen LogP contribution >= 0.6 is 0 Å². The molecule has 0 spiro atoms. The third-order valence-corrected chi connectivity index (χ3v) is 4.51. The van der Waals surface area contributed by atoms with Crippen LogP contribution in [0, 0.1) is 11.3 Å². The first-order valence-corrected chi connectivity index (χ1v) is 7.24. The summed E-state index contributed by atoms with van der Waals surface area (Å²) in [6, 6.07) is 0.659. The highest BCUT2D eigenvalue weighted by Crippen LogP contribution is 2.43. The summed E-state index contributed by atoms with van der Waals surface area (Å²) in [5.74, 6) is 1.85. The molecule has 0 aromatic rings. The maximum absolute atomic E-state index is 4.79. The second-order valence-corrected chi connectivity index (χ2v) is 5.87. The van der Waals surface area contributed by atoms with E-state index in [-0.39, 0.29) is 0 Å². The Morgan fingerprint density at radius 3 is 2.47 bits per heavy atom. The fraction of sp³-hybridized carbons (Fsp3) is 0.929. The molecule has 0 heterocycles. The van der Waals surface area contributed by atoms with Gasteiger partial charge in [0.1, 0.15) is 0 Å². The van der Waals surface area contributed by atoms with Crippen LogP contribution < -0.4 is 10.6 Å². The van der Waals surface area contributed by atoms with Gasteiger partial charge in [0.05, 0.1) is 0 Å². The Bertz CT molecular complexity index is 276. The summed E-state index contributed by atoms with van der Waals surface area (Å²) >= 11 is 0. The van der Waals surface area contributed by atoms with Crippen molar-refractivity contribution >= 4 is 5.96 Å². The Morgan fingerprint density at radius 1 is 1.35 bits per heavy atom. The fourth-order valence-electron chi connectivity index (χ4n) is 2.57. The van der Waals surface area contributed by atoms with Crippen molar-refractivity contribution in [2.75, 3.05) is 13.1 Å². The topological polar surface area (TPSA) is 36.4 Å². The monoisotopic (exact) mass is 237 g/mol. The molecule has 17 heavy (non-hydrogen) atoms. The van der Waals surface area contributed by atoms with Crippen LogP contribution in [-0.4, -0.2) is 25.1 Å². The summed E-state index contributed by atoms with van der Waals surface area (Å²) in [6.45, 7) is 8.68. The molecule has 3 heteroatoms. The van der Waals surface area contributed by atoms with Gasteiger partial charge in [-0.2, -0.15) is 0 Å². The first-order valence-electron chi connectivity index (χ1n) is 7.24. The minimum Gasteiger partial charge on any atom is -0.357 e. The first-order chi connectivity index (χ1) is 8.19. The maximum atomic E-state index is 4.79. The van der Waals surface area contributed by atoms with Crippen LogP contribution in [0.15, 0.2) is 4.99 Å². The Morgan fingerprint density at radius 2 is 2.06 bits per heavy atom. The van der Waals surface area contributed by atoms with Crippen molar-refractivity contribution in [1.82, 2.24) is 10.6 Å². The van der Waals surface area contributed by atoms with Gasteiger partial charge in [0.2, 0.25) is 0 Å². The van der Waals surface area contributed by atoms with E-state index in [1.54, 1.807) is 0 Å². The van der Waals surface area contributed by atoms with Gasteiger partial charge in [-0.05, 0) is 43.9 Å². The number of nitrogens with zero attached hydrogens (tertiary/aromatic N) is 1. The highest BCUT2D eigenvalue weighted by Gasteiger charge is 2.36. The SMILES string of the molecule is CCNC(=NCC1(CC)CCC1)NC1CC1C. The van der Waals surface area contributed by atoms with E-state index >= 15 is 0 Å². The summed E-state index contributed by atoms with van der Waals surface area (Å²) < 4.78 is 0. The molecule has 3 nitrogen and oxygen atoms in total. The van der Waals surface area contributed by atoms with E-state index in [9.17, 15) is 0 Å². The van der Waals surface area contributed by atoms with Crippen molar-refractivity contribution in [2.45, 2.75) is 58.9 Å². The molecule has 0 bridgehead atoms. The normalized spacial score (nSPS) is 30.6. The second kappa shape index (κ2) is 5.28. The number of hydrogen-bond donors (Lipinski definition) is 2. The van der Waals surface area contributed by atoms with Gasteiger partial charge in [-0.1, -0.05) is 20.3 Å². The molecule has 0 radical (unpaired) electrons. The second-order valence-electron chi connectivity index (χ2n) is 5.87. The van der Waals surface area contributed by atoms with Crippen molar-refractivity contribution in [3.05, 3.63) is 0 Å². The molecule has 2 fully saturated rings. The predicted octanol–water partition coefficient (Wildman–Crippen LogP) is 2.53. The van der Waals surface area contributed by atoms with E-state index in [1.807, 2.05) is 0 Å². The molecule has 2 aliphatic carbocycles. The zero-order valence-corrected chi connectivity index (χ0v) is 11.6. The third-order valence-electron chi connectivity index (χ3n) is 4.51. The van der Waals surface area contributed by atoms with Crippen molar-refractivity contribution in [3.63, 3.8) is 0 Å². The Balaban J connectivity index is 1.85. The minimum absolute atomic E-state index is 0.525. The molecular weight excluding hydrogens is 210 g/mol. The number of rotatable bonds is 5. The van der Waals surface area contributed by atoms with Gasteiger partial charge in [0.25, 0.3) is 0 Å². The highest BCUT2D eigenvalue weighted by molar-refractivity contribution is 5.80. The van der Waals surface area contributed by atoms with E-state index in [0.29, 0.717) is 11.5 Å². The summed E-state index contributed by atoms with van der Waals surface area (Å²) in [7, 11) is 0. The maximum Gasteiger partial charge on any atom is 0.191 e. The molecule has 0 aromatic heterocycles. The van der Waals surface area contributed by atoms with E-state index in [1.165, 1.54) is 32.1 Å². The van der Waals surface area contributed by atoms with Gasteiger partial charge in [-0.15, -0.1) is 0 Å². The van der Waals surface area contributed by atoms with Gasteiger partial charge in [0, 0.05) is 19.1 Å². The smallest absolute Gasteiger partial charge is 0.191 e. The molecule has 0 amide bonds. The molecule has 2 unspecified atom stereocenters. The van der Waals surface area contributed by atoms with Crippen LogP contribution in [0.5, 0.6) is 0 Å². The van der Waals surface area contributed by atoms with Crippen LogP contribution in [0.4, 0.5) is 0 Å². The Hall–Kier alpha value is -0.730. The predicted molar refractivity (Wildman–Crippen MR) is 73.3 cm³/mol. The molecule has 0 aromatic carbocycles. The summed E-state index contributed by atoms with van der Waals surface area (Å²) in [6.07, 6.45) is 6.70. The van der Waals surface area contributed by atoms with E-state index in [4.69, 9.17) is 4.99 Å². The molecule has 98 valence electrons. The lowest BCUT2D eigenvalue weighted by Crippen LogP contribution is -2.41. The number of nitrogens with one attached hydrogen (secondary N) is 2. The molecular formula is C14H27N3. The van der Waals surface area contributed by atoms with Crippen molar-refractivity contribution < 1.29 is 0 Å². The lowest BCUT2D eigenvalue weighted by molar-refractivity contribution is 0.139. The number of guanidine groups is 1. The van der Waals surface area contributed by atoms with Crippen molar-refractivity contribution in [2.24, 2.45) is 16.3 Å². The summed E-state index contributed by atoms with van der Waals surface area (Å²) in [4.78, 5) is 4.79. The fourth-order valence-corrected chi connectivity index (χ4v) is 2.57. The molecule has 2 saturated carbocycles. The number of hydrogen-bond acceptors (Lipinski definition) is 1. The number of aliphatic imine (C=N–C) groups is 1. The minimum atomic E-state index is 0.525. The van der Waals surface area contributed by atoms with Crippen molar-refractivity contribution in [1.29, 1.82) is 0 Å². The standard InChI is InChI=1S/C14H27N3/c1-4-14(7-6-8-14)10-16-13(15-5-2)17-12-9-11(12)3/h11-12H,4-10H2,1-3H3,(H2,15,16,17). The Labute approximate surface area is 105 Å². The average molecular weight is 237 g/mol.